The average molecular weight is 272 g/mol. The number of H-pyrrole nitrogens is 1. The molecule has 0 unspecified atom stereocenters. The van der Waals surface area contributed by atoms with Crippen molar-refractivity contribution in [3.05, 3.63) is 39.7 Å². The SMILES string of the molecule is Nc1ccc2c(C(F)(F)F)c(C(=O)O)c(=O)[nH]c2c1. The molecule has 1 aromatic heterocycles. The van der Waals surface area contributed by atoms with E-state index in [0.717, 1.165) is 12.1 Å². The lowest BCUT2D eigenvalue weighted by Crippen LogP contribution is -2.25. The number of aromatic amines is 1. The third kappa shape index (κ3) is 2.12. The number of halogens is 3. The van der Waals surface area contributed by atoms with E-state index in [-0.39, 0.29) is 11.2 Å². The van der Waals surface area contributed by atoms with Crippen molar-refractivity contribution in [2.24, 2.45) is 0 Å². The van der Waals surface area contributed by atoms with Gasteiger partial charge in [0.15, 0.2) is 0 Å². The van der Waals surface area contributed by atoms with Crippen LogP contribution in [0.4, 0.5) is 18.9 Å². The third-order valence-electron chi connectivity index (χ3n) is 2.54. The molecule has 0 atom stereocenters. The fraction of sp³-hybridized carbons (Fsp3) is 0.0909. The molecule has 0 amide bonds. The minimum absolute atomic E-state index is 0.152. The van der Waals surface area contributed by atoms with E-state index in [1.807, 2.05) is 0 Å². The van der Waals surface area contributed by atoms with E-state index in [9.17, 15) is 22.8 Å². The summed E-state index contributed by atoms with van der Waals surface area (Å²) in [7, 11) is 0. The van der Waals surface area contributed by atoms with Gasteiger partial charge in [-0.2, -0.15) is 13.2 Å². The van der Waals surface area contributed by atoms with Gasteiger partial charge in [-0.3, -0.25) is 4.79 Å². The fourth-order valence-corrected chi connectivity index (χ4v) is 1.81. The summed E-state index contributed by atoms with van der Waals surface area (Å²) in [5, 5.41) is 8.36. The first-order valence-electron chi connectivity index (χ1n) is 4.98. The number of nitrogen functional groups attached to an aromatic ring is 1. The van der Waals surface area contributed by atoms with Gasteiger partial charge in [-0.05, 0) is 12.1 Å². The molecule has 8 heteroatoms. The van der Waals surface area contributed by atoms with Crippen LogP contribution in [0.2, 0.25) is 0 Å². The molecule has 5 nitrogen and oxygen atoms in total. The zero-order chi connectivity index (χ0) is 14.4. The molecule has 0 saturated heterocycles. The monoisotopic (exact) mass is 272 g/mol. The number of anilines is 1. The number of hydrogen-bond donors (Lipinski definition) is 3. The molecule has 2 aromatic rings. The summed E-state index contributed by atoms with van der Waals surface area (Å²) in [5.41, 5.74) is 1.28. The largest absolute Gasteiger partial charge is 0.477 e. The summed E-state index contributed by atoms with van der Waals surface area (Å²) in [6.07, 6.45) is -4.96. The first kappa shape index (κ1) is 12.9. The van der Waals surface area contributed by atoms with Crippen LogP contribution in [0.5, 0.6) is 0 Å². The number of aromatic nitrogens is 1. The fourth-order valence-electron chi connectivity index (χ4n) is 1.81. The summed E-state index contributed by atoms with van der Waals surface area (Å²) in [6.45, 7) is 0. The second kappa shape index (κ2) is 4.01. The third-order valence-corrected chi connectivity index (χ3v) is 2.54. The molecule has 0 fully saturated rings. The lowest BCUT2D eigenvalue weighted by Gasteiger charge is -2.13. The first-order valence-corrected chi connectivity index (χ1v) is 4.98. The molecule has 0 aliphatic rings. The van der Waals surface area contributed by atoms with Crippen LogP contribution in [0.1, 0.15) is 15.9 Å². The van der Waals surface area contributed by atoms with Crippen LogP contribution in [0.25, 0.3) is 10.9 Å². The Morgan fingerprint density at radius 2 is 1.95 bits per heavy atom. The molecule has 2 rings (SSSR count). The predicted octanol–water partition coefficient (Wildman–Crippen LogP) is 1.83. The number of nitrogens with one attached hydrogen (secondary N) is 1. The van der Waals surface area contributed by atoms with Crippen molar-refractivity contribution in [2.45, 2.75) is 6.18 Å². The Morgan fingerprint density at radius 1 is 1.32 bits per heavy atom. The Kier molecular flexibility index (Phi) is 2.73. The van der Waals surface area contributed by atoms with Gasteiger partial charge in [0.1, 0.15) is 5.56 Å². The van der Waals surface area contributed by atoms with Crippen LogP contribution < -0.4 is 11.3 Å². The molecule has 4 N–H and O–H groups in total. The van der Waals surface area contributed by atoms with Crippen molar-refractivity contribution in [3.8, 4) is 0 Å². The Labute approximate surface area is 103 Å². The first-order chi connectivity index (χ1) is 8.71. The summed E-state index contributed by atoms with van der Waals surface area (Å²) in [4.78, 5) is 24.4. The number of aromatic carboxylic acids is 1. The average Bonchev–Trinajstić information content (AvgIpc) is 2.24. The minimum atomic E-state index is -4.96. The van der Waals surface area contributed by atoms with Crippen molar-refractivity contribution < 1.29 is 23.1 Å². The summed E-state index contributed by atoms with van der Waals surface area (Å²) < 4.78 is 38.9. The van der Waals surface area contributed by atoms with E-state index >= 15 is 0 Å². The highest BCUT2D eigenvalue weighted by Gasteiger charge is 2.39. The smallest absolute Gasteiger partial charge is 0.418 e. The number of pyridine rings is 1. The standard InChI is InChI=1S/C11H7F3N2O3/c12-11(13,14)8-5-2-1-4(15)3-6(5)16-9(17)7(8)10(18)19/h1-3H,15H2,(H,16,17)(H,18,19). The van der Waals surface area contributed by atoms with E-state index in [1.165, 1.54) is 6.07 Å². The zero-order valence-electron chi connectivity index (χ0n) is 9.21. The van der Waals surface area contributed by atoms with Crippen LogP contribution in [-0.2, 0) is 6.18 Å². The van der Waals surface area contributed by atoms with E-state index in [1.54, 1.807) is 0 Å². The maximum atomic E-state index is 13.0. The minimum Gasteiger partial charge on any atom is -0.477 e. The number of hydrogen-bond acceptors (Lipinski definition) is 3. The molecule has 0 aliphatic carbocycles. The number of carbonyl (C=O) groups is 1. The van der Waals surface area contributed by atoms with Crippen LogP contribution in [0.3, 0.4) is 0 Å². The Morgan fingerprint density at radius 3 is 2.47 bits per heavy atom. The van der Waals surface area contributed by atoms with E-state index < -0.39 is 34.2 Å². The van der Waals surface area contributed by atoms with Crippen molar-refractivity contribution in [1.29, 1.82) is 0 Å². The summed E-state index contributed by atoms with van der Waals surface area (Å²) in [5.74, 6) is -1.94. The molecular formula is C11H7F3N2O3. The number of carboxylic acid groups (broad SMARTS) is 1. The van der Waals surface area contributed by atoms with Crippen molar-refractivity contribution in [2.75, 3.05) is 5.73 Å². The molecule has 100 valence electrons. The van der Waals surface area contributed by atoms with E-state index in [0.29, 0.717) is 0 Å². The van der Waals surface area contributed by atoms with E-state index in [2.05, 4.69) is 4.98 Å². The number of benzene rings is 1. The molecule has 1 aromatic carbocycles. The van der Waals surface area contributed by atoms with Gasteiger partial charge in [-0.15, -0.1) is 0 Å². The van der Waals surface area contributed by atoms with Gasteiger partial charge >= 0.3 is 12.1 Å². The Bertz CT molecular complexity index is 734. The van der Waals surface area contributed by atoms with Gasteiger partial charge in [0, 0.05) is 11.1 Å². The highest BCUT2D eigenvalue weighted by molar-refractivity contribution is 5.97. The Balaban J connectivity index is 3.04. The van der Waals surface area contributed by atoms with Gasteiger partial charge in [0.2, 0.25) is 0 Å². The van der Waals surface area contributed by atoms with Gasteiger partial charge in [-0.25, -0.2) is 4.79 Å². The normalized spacial score (nSPS) is 11.7. The van der Waals surface area contributed by atoms with Crippen LogP contribution in [0.15, 0.2) is 23.0 Å². The van der Waals surface area contributed by atoms with Crippen molar-refractivity contribution >= 4 is 22.6 Å². The number of nitrogens with two attached hydrogens (primary N) is 1. The summed E-state index contributed by atoms with van der Waals surface area (Å²) in [6, 6.07) is 3.36. The lowest BCUT2D eigenvalue weighted by atomic mass is 10.0. The van der Waals surface area contributed by atoms with Crippen LogP contribution in [-0.4, -0.2) is 16.1 Å². The molecule has 0 saturated carbocycles. The van der Waals surface area contributed by atoms with Crippen molar-refractivity contribution in [1.82, 2.24) is 4.98 Å². The molecule has 19 heavy (non-hydrogen) atoms. The lowest BCUT2D eigenvalue weighted by molar-refractivity contribution is -0.136. The summed E-state index contributed by atoms with van der Waals surface area (Å²) >= 11 is 0. The number of fused-ring (bicyclic) bond motifs is 1. The second-order valence-corrected chi connectivity index (χ2v) is 3.81. The molecule has 0 bridgehead atoms. The van der Waals surface area contributed by atoms with E-state index in [4.69, 9.17) is 10.8 Å². The molecule has 0 radical (unpaired) electrons. The maximum Gasteiger partial charge on any atom is 0.418 e. The van der Waals surface area contributed by atoms with Crippen LogP contribution >= 0.6 is 0 Å². The van der Waals surface area contributed by atoms with Crippen molar-refractivity contribution in [3.63, 3.8) is 0 Å². The highest BCUT2D eigenvalue weighted by atomic mass is 19.4. The number of rotatable bonds is 1. The van der Waals surface area contributed by atoms with Crippen LogP contribution in [0, 0.1) is 0 Å². The number of alkyl halides is 3. The molecule has 0 aliphatic heterocycles. The van der Waals surface area contributed by atoms with Gasteiger partial charge in [0.25, 0.3) is 5.56 Å². The molecule has 1 heterocycles. The molecular weight excluding hydrogens is 265 g/mol. The quantitative estimate of drug-likeness (QED) is 0.690. The van der Waals surface area contributed by atoms with Gasteiger partial charge in [0.05, 0.1) is 11.1 Å². The van der Waals surface area contributed by atoms with Gasteiger partial charge < -0.3 is 15.8 Å². The maximum absolute atomic E-state index is 13.0. The zero-order valence-corrected chi connectivity index (χ0v) is 9.21. The second-order valence-electron chi connectivity index (χ2n) is 3.81. The number of carboxylic acids is 1. The topological polar surface area (TPSA) is 96.2 Å². The molecule has 0 spiro atoms. The van der Waals surface area contributed by atoms with Gasteiger partial charge in [-0.1, -0.05) is 6.07 Å². The highest BCUT2D eigenvalue weighted by Crippen LogP contribution is 2.36. The predicted molar refractivity (Wildman–Crippen MR) is 60.9 cm³/mol. The Hall–Kier alpha value is -2.51.